The second-order valence-corrected chi connectivity index (χ2v) is 7.76. The van der Waals surface area contributed by atoms with E-state index in [1.54, 1.807) is 0 Å². The van der Waals surface area contributed by atoms with E-state index in [4.69, 9.17) is 4.98 Å². The molecule has 1 aromatic heterocycles. The summed E-state index contributed by atoms with van der Waals surface area (Å²) in [5, 5.41) is 0. The minimum atomic E-state index is 0.784. The van der Waals surface area contributed by atoms with Crippen molar-refractivity contribution in [2.45, 2.75) is 26.2 Å². The van der Waals surface area contributed by atoms with Crippen molar-refractivity contribution in [1.82, 2.24) is 14.9 Å². The van der Waals surface area contributed by atoms with E-state index in [2.05, 4.69) is 63.0 Å². The summed E-state index contributed by atoms with van der Waals surface area (Å²) in [6.45, 7) is 9.81. The Kier molecular flexibility index (Phi) is 5.87. The number of nitrogens with zero attached hydrogens (tertiary/aromatic N) is 5. The molecule has 0 aliphatic carbocycles. The van der Waals surface area contributed by atoms with E-state index in [1.165, 1.54) is 24.8 Å². The first-order valence-corrected chi connectivity index (χ1v) is 10.4. The van der Waals surface area contributed by atoms with Crippen molar-refractivity contribution < 1.29 is 0 Å². The molecule has 5 nitrogen and oxygen atoms in total. The van der Waals surface area contributed by atoms with E-state index in [-0.39, 0.29) is 0 Å². The molecule has 27 heavy (non-hydrogen) atoms. The lowest BCUT2D eigenvalue weighted by atomic mass is 9.90. The van der Waals surface area contributed by atoms with E-state index in [0.29, 0.717) is 0 Å². The third-order valence-corrected chi connectivity index (χ3v) is 6.04. The molecule has 2 saturated heterocycles. The van der Waals surface area contributed by atoms with E-state index in [0.717, 1.165) is 63.5 Å². The highest BCUT2D eigenvalue weighted by Crippen LogP contribution is 2.25. The van der Waals surface area contributed by atoms with Gasteiger partial charge in [0.15, 0.2) is 0 Å². The third-order valence-electron chi connectivity index (χ3n) is 6.04. The maximum absolute atomic E-state index is 4.90. The van der Waals surface area contributed by atoms with Crippen molar-refractivity contribution in [2.24, 2.45) is 5.92 Å². The van der Waals surface area contributed by atoms with E-state index in [9.17, 15) is 0 Å². The van der Waals surface area contributed by atoms with Gasteiger partial charge >= 0.3 is 0 Å². The van der Waals surface area contributed by atoms with Crippen molar-refractivity contribution in [1.29, 1.82) is 0 Å². The Morgan fingerprint density at radius 2 is 1.63 bits per heavy atom. The molecule has 0 radical (unpaired) electrons. The predicted octanol–water partition coefficient (Wildman–Crippen LogP) is 3.08. The molecule has 2 aromatic rings. The van der Waals surface area contributed by atoms with Crippen LogP contribution in [0.15, 0.2) is 42.6 Å². The molecule has 0 saturated carbocycles. The zero-order valence-electron chi connectivity index (χ0n) is 16.4. The van der Waals surface area contributed by atoms with Crippen LogP contribution in [0, 0.1) is 5.92 Å². The molecular weight excluding hydrogens is 334 g/mol. The summed E-state index contributed by atoms with van der Waals surface area (Å²) in [6, 6.07) is 13.0. The van der Waals surface area contributed by atoms with Gasteiger partial charge in [0.1, 0.15) is 5.82 Å². The van der Waals surface area contributed by atoms with Gasteiger partial charge in [-0.2, -0.15) is 4.98 Å². The lowest BCUT2D eigenvalue weighted by Crippen LogP contribution is -2.46. The SMILES string of the molecule is CCN1CCN(c2nccc(N3CCC(Cc4ccccc4)CC3)n2)CC1. The van der Waals surface area contributed by atoms with E-state index >= 15 is 0 Å². The first-order chi connectivity index (χ1) is 13.3. The van der Waals surface area contributed by atoms with Gasteiger partial charge in [-0.05, 0) is 43.4 Å². The summed E-state index contributed by atoms with van der Waals surface area (Å²) in [5.41, 5.74) is 1.46. The summed E-state index contributed by atoms with van der Waals surface area (Å²) in [6.07, 6.45) is 5.61. The monoisotopic (exact) mass is 365 g/mol. The van der Waals surface area contributed by atoms with Crippen LogP contribution in [0.4, 0.5) is 11.8 Å². The Morgan fingerprint density at radius 3 is 2.33 bits per heavy atom. The first kappa shape index (κ1) is 18.2. The van der Waals surface area contributed by atoms with Crippen molar-refractivity contribution in [3.05, 3.63) is 48.2 Å². The molecule has 4 rings (SSSR count). The van der Waals surface area contributed by atoms with Gasteiger partial charge in [0.25, 0.3) is 0 Å². The van der Waals surface area contributed by atoms with Crippen molar-refractivity contribution >= 4 is 11.8 Å². The van der Waals surface area contributed by atoms with Crippen LogP contribution in [0.2, 0.25) is 0 Å². The minimum absolute atomic E-state index is 0.784. The van der Waals surface area contributed by atoms with Crippen molar-refractivity contribution in [3.63, 3.8) is 0 Å². The van der Waals surface area contributed by atoms with Gasteiger partial charge in [-0.15, -0.1) is 0 Å². The summed E-state index contributed by atoms with van der Waals surface area (Å²) in [7, 11) is 0. The Bertz CT molecular complexity index is 704. The zero-order valence-corrected chi connectivity index (χ0v) is 16.4. The van der Waals surface area contributed by atoms with Crippen molar-refractivity contribution in [2.75, 3.05) is 55.6 Å². The molecule has 0 unspecified atom stereocenters. The molecule has 0 atom stereocenters. The van der Waals surface area contributed by atoms with Crippen LogP contribution in [0.25, 0.3) is 0 Å². The number of rotatable bonds is 5. The Morgan fingerprint density at radius 1 is 0.889 bits per heavy atom. The topological polar surface area (TPSA) is 35.5 Å². The molecule has 3 heterocycles. The molecule has 2 fully saturated rings. The highest BCUT2D eigenvalue weighted by Gasteiger charge is 2.22. The zero-order chi connectivity index (χ0) is 18.5. The van der Waals surface area contributed by atoms with Crippen LogP contribution in [0.5, 0.6) is 0 Å². The molecule has 144 valence electrons. The molecule has 1 aromatic carbocycles. The number of hydrogen-bond acceptors (Lipinski definition) is 5. The summed E-state index contributed by atoms with van der Waals surface area (Å²) in [4.78, 5) is 16.7. The number of anilines is 2. The van der Waals surface area contributed by atoms with Crippen LogP contribution < -0.4 is 9.80 Å². The fourth-order valence-corrected chi connectivity index (χ4v) is 4.25. The fourth-order valence-electron chi connectivity index (χ4n) is 4.25. The lowest BCUT2D eigenvalue weighted by Gasteiger charge is -2.35. The van der Waals surface area contributed by atoms with Gasteiger partial charge in [0, 0.05) is 45.5 Å². The Hall–Kier alpha value is -2.14. The molecule has 2 aliphatic rings. The molecule has 0 N–H and O–H groups in total. The number of hydrogen-bond donors (Lipinski definition) is 0. The summed E-state index contributed by atoms with van der Waals surface area (Å²) < 4.78 is 0. The van der Waals surface area contributed by atoms with Gasteiger partial charge in [-0.3, -0.25) is 0 Å². The number of piperazine rings is 1. The molecule has 2 aliphatic heterocycles. The maximum atomic E-state index is 4.90. The minimum Gasteiger partial charge on any atom is -0.356 e. The number of piperidine rings is 1. The Labute approximate surface area is 163 Å². The van der Waals surface area contributed by atoms with Crippen LogP contribution in [0.3, 0.4) is 0 Å². The van der Waals surface area contributed by atoms with Gasteiger partial charge in [0.05, 0.1) is 0 Å². The molecule has 5 heteroatoms. The molecule has 0 bridgehead atoms. The van der Waals surface area contributed by atoms with Crippen molar-refractivity contribution in [3.8, 4) is 0 Å². The van der Waals surface area contributed by atoms with Gasteiger partial charge < -0.3 is 14.7 Å². The standard InChI is InChI=1S/C22H31N5/c1-2-25-14-16-27(17-15-25)22-23-11-8-21(24-22)26-12-9-20(10-13-26)18-19-6-4-3-5-7-19/h3-8,11,20H,2,9-10,12-18H2,1H3. The van der Waals surface area contributed by atoms with Gasteiger partial charge in [-0.1, -0.05) is 37.3 Å². The van der Waals surface area contributed by atoms with E-state index < -0.39 is 0 Å². The number of likely N-dealkylation sites (N-methyl/N-ethyl adjacent to an activating group) is 1. The number of aromatic nitrogens is 2. The van der Waals surface area contributed by atoms with Crippen LogP contribution in [-0.4, -0.2) is 60.7 Å². The highest BCUT2D eigenvalue weighted by molar-refractivity contribution is 5.44. The second-order valence-electron chi connectivity index (χ2n) is 7.76. The first-order valence-electron chi connectivity index (χ1n) is 10.4. The quantitative estimate of drug-likeness (QED) is 0.814. The smallest absolute Gasteiger partial charge is 0.227 e. The largest absolute Gasteiger partial charge is 0.356 e. The molecular formula is C22H31N5. The van der Waals surface area contributed by atoms with Gasteiger partial charge in [-0.25, -0.2) is 4.98 Å². The Balaban J connectivity index is 1.33. The molecule has 0 amide bonds. The fraction of sp³-hybridized carbons (Fsp3) is 0.545. The average Bonchev–Trinajstić information content (AvgIpc) is 2.75. The molecule has 0 spiro atoms. The van der Waals surface area contributed by atoms with Crippen LogP contribution >= 0.6 is 0 Å². The van der Waals surface area contributed by atoms with E-state index in [1.807, 2.05) is 6.20 Å². The second kappa shape index (κ2) is 8.70. The summed E-state index contributed by atoms with van der Waals surface area (Å²) >= 11 is 0. The van der Waals surface area contributed by atoms with Gasteiger partial charge in [0.2, 0.25) is 5.95 Å². The third kappa shape index (κ3) is 4.59. The summed E-state index contributed by atoms with van der Waals surface area (Å²) in [5.74, 6) is 2.78. The average molecular weight is 366 g/mol. The lowest BCUT2D eigenvalue weighted by molar-refractivity contribution is 0.270. The highest BCUT2D eigenvalue weighted by atomic mass is 15.3. The normalized spacial score (nSPS) is 19.4. The number of benzene rings is 1. The van der Waals surface area contributed by atoms with Crippen LogP contribution in [0.1, 0.15) is 25.3 Å². The predicted molar refractivity (Wildman–Crippen MR) is 111 cm³/mol. The maximum Gasteiger partial charge on any atom is 0.227 e. The van der Waals surface area contributed by atoms with Crippen LogP contribution in [-0.2, 0) is 6.42 Å².